The minimum atomic E-state index is -0.575. The number of carbonyl (C=O) groups is 2. The van der Waals surface area contributed by atoms with Crippen molar-refractivity contribution in [3.63, 3.8) is 0 Å². The van der Waals surface area contributed by atoms with E-state index >= 15 is 0 Å². The van der Waals surface area contributed by atoms with Crippen LogP contribution in [0.3, 0.4) is 0 Å². The molecule has 0 aromatic heterocycles. The molecule has 1 heterocycles. The van der Waals surface area contributed by atoms with Crippen LogP contribution in [0.4, 0.5) is 0 Å². The maximum absolute atomic E-state index is 12.3. The minimum Gasteiger partial charge on any atom is -0.370 e. The topological polar surface area (TPSA) is 84.2 Å². The molecule has 1 saturated carbocycles. The zero-order valence-electron chi connectivity index (χ0n) is 12.6. The fourth-order valence-electron chi connectivity index (χ4n) is 3.60. The number of nitrogens with one attached hydrogen (secondary N) is 2. The number of nitrogens with two attached hydrogens (primary N) is 1. The Morgan fingerprint density at radius 3 is 2.60 bits per heavy atom. The van der Waals surface area contributed by atoms with Crippen LogP contribution in [0, 0.1) is 5.92 Å². The molecule has 1 aliphatic heterocycles. The Hall–Kier alpha value is -1.10. The zero-order chi connectivity index (χ0) is 14.8. The highest BCUT2D eigenvalue weighted by Crippen LogP contribution is 2.32. The van der Waals surface area contributed by atoms with Gasteiger partial charge in [-0.25, -0.2) is 0 Å². The van der Waals surface area contributed by atoms with Crippen LogP contribution >= 0.6 is 0 Å². The molecule has 3 atom stereocenters. The van der Waals surface area contributed by atoms with Crippen LogP contribution in [0.5, 0.6) is 0 Å². The van der Waals surface area contributed by atoms with Gasteiger partial charge >= 0.3 is 0 Å². The fourth-order valence-corrected chi connectivity index (χ4v) is 3.60. The SMILES string of the molecule is CC(C)(CC(N)=O)NC(=O)C1CCC2CCCCC2N1. The summed E-state index contributed by atoms with van der Waals surface area (Å²) in [5.74, 6) is 0.353. The Kier molecular flexibility index (Phi) is 4.68. The van der Waals surface area contributed by atoms with Crippen molar-refractivity contribution in [1.29, 1.82) is 0 Å². The van der Waals surface area contributed by atoms with Gasteiger partial charge in [-0.3, -0.25) is 9.59 Å². The van der Waals surface area contributed by atoms with Gasteiger partial charge < -0.3 is 16.4 Å². The Labute approximate surface area is 121 Å². The van der Waals surface area contributed by atoms with Crippen molar-refractivity contribution >= 4 is 11.8 Å². The molecule has 1 saturated heterocycles. The van der Waals surface area contributed by atoms with E-state index in [1.807, 2.05) is 13.8 Å². The first kappa shape index (κ1) is 15.3. The molecular formula is C15H27N3O2. The average molecular weight is 281 g/mol. The summed E-state index contributed by atoms with van der Waals surface area (Å²) in [7, 11) is 0. The predicted octanol–water partition coefficient (Wildman–Crippen LogP) is 1.07. The molecule has 2 rings (SSSR count). The molecule has 0 spiro atoms. The van der Waals surface area contributed by atoms with Gasteiger partial charge in [-0.2, -0.15) is 0 Å². The molecule has 2 fully saturated rings. The summed E-state index contributed by atoms with van der Waals surface area (Å²) >= 11 is 0. The molecule has 1 aliphatic carbocycles. The first-order chi connectivity index (χ1) is 9.37. The second kappa shape index (κ2) is 6.12. The third-order valence-electron chi connectivity index (χ3n) is 4.54. The summed E-state index contributed by atoms with van der Waals surface area (Å²) in [5.41, 5.74) is 4.64. The van der Waals surface area contributed by atoms with Crippen LogP contribution in [-0.2, 0) is 9.59 Å². The number of carbonyl (C=O) groups excluding carboxylic acids is 2. The molecule has 2 aliphatic rings. The van der Waals surface area contributed by atoms with Crippen molar-refractivity contribution in [2.45, 2.75) is 76.4 Å². The van der Waals surface area contributed by atoms with E-state index < -0.39 is 5.54 Å². The van der Waals surface area contributed by atoms with Crippen molar-refractivity contribution in [3.8, 4) is 0 Å². The quantitative estimate of drug-likeness (QED) is 0.720. The molecule has 5 nitrogen and oxygen atoms in total. The highest BCUT2D eigenvalue weighted by molar-refractivity contribution is 5.84. The third kappa shape index (κ3) is 3.95. The van der Waals surface area contributed by atoms with Gasteiger partial charge in [0.1, 0.15) is 0 Å². The highest BCUT2D eigenvalue weighted by atomic mass is 16.2. The van der Waals surface area contributed by atoms with Gasteiger partial charge in [0.05, 0.1) is 6.04 Å². The third-order valence-corrected chi connectivity index (χ3v) is 4.54. The van der Waals surface area contributed by atoms with E-state index in [0.29, 0.717) is 6.04 Å². The van der Waals surface area contributed by atoms with E-state index in [1.54, 1.807) is 0 Å². The van der Waals surface area contributed by atoms with Gasteiger partial charge in [0.15, 0.2) is 0 Å². The Morgan fingerprint density at radius 1 is 1.20 bits per heavy atom. The number of fused-ring (bicyclic) bond motifs is 1. The Bertz CT molecular complexity index is 381. The van der Waals surface area contributed by atoms with Gasteiger partial charge in [0.2, 0.25) is 11.8 Å². The van der Waals surface area contributed by atoms with Crippen LogP contribution in [0.2, 0.25) is 0 Å². The number of hydrogen-bond acceptors (Lipinski definition) is 3. The van der Waals surface area contributed by atoms with Crippen LogP contribution < -0.4 is 16.4 Å². The van der Waals surface area contributed by atoms with Crippen LogP contribution in [0.1, 0.15) is 58.8 Å². The van der Waals surface area contributed by atoms with E-state index in [1.165, 1.54) is 25.7 Å². The minimum absolute atomic E-state index is 0.000253. The summed E-state index contributed by atoms with van der Waals surface area (Å²) in [5, 5.41) is 6.45. The van der Waals surface area contributed by atoms with Crippen LogP contribution in [-0.4, -0.2) is 29.4 Å². The van der Waals surface area contributed by atoms with E-state index in [9.17, 15) is 9.59 Å². The van der Waals surface area contributed by atoms with E-state index in [-0.39, 0.29) is 24.3 Å². The summed E-state index contributed by atoms with van der Waals surface area (Å²) in [4.78, 5) is 23.4. The highest BCUT2D eigenvalue weighted by Gasteiger charge is 2.35. The molecule has 5 heteroatoms. The largest absolute Gasteiger partial charge is 0.370 e. The van der Waals surface area contributed by atoms with Gasteiger partial charge in [0.25, 0.3) is 0 Å². The lowest BCUT2D eigenvalue weighted by Crippen LogP contribution is -2.58. The number of primary amides is 1. The van der Waals surface area contributed by atoms with Gasteiger partial charge in [0, 0.05) is 18.0 Å². The van der Waals surface area contributed by atoms with Gasteiger partial charge in [-0.1, -0.05) is 12.8 Å². The van der Waals surface area contributed by atoms with E-state index in [0.717, 1.165) is 18.8 Å². The molecule has 0 aromatic rings. The van der Waals surface area contributed by atoms with Crippen molar-refractivity contribution in [3.05, 3.63) is 0 Å². The lowest BCUT2D eigenvalue weighted by atomic mass is 9.77. The summed E-state index contributed by atoms with van der Waals surface area (Å²) in [6.07, 6.45) is 7.24. The average Bonchev–Trinajstić information content (AvgIpc) is 2.36. The molecule has 0 aromatic carbocycles. The molecule has 4 N–H and O–H groups in total. The smallest absolute Gasteiger partial charge is 0.237 e. The number of hydrogen-bond donors (Lipinski definition) is 3. The maximum atomic E-state index is 12.3. The Morgan fingerprint density at radius 2 is 1.90 bits per heavy atom. The summed E-state index contributed by atoms with van der Waals surface area (Å²) < 4.78 is 0. The van der Waals surface area contributed by atoms with Crippen LogP contribution in [0.15, 0.2) is 0 Å². The maximum Gasteiger partial charge on any atom is 0.237 e. The molecule has 20 heavy (non-hydrogen) atoms. The zero-order valence-corrected chi connectivity index (χ0v) is 12.6. The van der Waals surface area contributed by atoms with Crippen LogP contribution in [0.25, 0.3) is 0 Å². The second-order valence-corrected chi connectivity index (χ2v) is 6.96. The van der Waals surface area contributed by atoms with Crippen molar-refractivity contribution in [2.75, 3.05) is 0 Å². The molecular weight excluding hydrogens is 254 g/mol. The standard InChI is InChI=1S/C15H27N3O2/c1-15(2,9-13(16)19)18-14(20)12-8-7-10-5-3-4-6-11(10)17-12/h10-12,17H,3-9H2,1-2H3,(H2,16,19)(H,18,20). The molecule has 114 valence electrons. The van der Waals surface area contributed by atoms with Crippen molar-refractivity contribution in [2.24, 2.45) is 11.7 Å². The fraction of sp³-hybridized carbons (Fsp3) is 0.867. The summed E-state index contributed by atoms with van der Waals surface area (Å²) in [6, 6.07) is 0.369. The normalized spacial score (nSPS) is 30.4. The van der Waals surface area contributed by atoms with E-state index in [4.69, 9.17) is 5.73 Å². The molecule has 2 amide bonds. The lowest BCUT2D eigenvalue weighted by molar-refractivity contribution is -0.127. The molecule has 0 radical (unpaired) electrons. The predicted molar refractivity (Wildman–Crippen MR) is 77.9 cm³/mol. The number of rotatable bonds is 4. The monoisotopic (exact) mass is 281 g/mol. The Balaban J connectivity index is 1.88. The lowest BCUT2D eigenvalue weighted by Gasteiger charge is -2.40. The number of amides is 2. The second-order valence-electron chi connectivity index (χ2n) is 6.96. The summed E-state index contributed by atoms with van der Waals surface area (Å²) in [6.45, 7) is 3.67. The van der Waals surface area contributed by atoms with E-state index in [2.05, 4.69) is 10.6 Å². The molecule has 0 bridgehead atoms. The van der Waals surface area contributed by atoms with Gasteiger partial charge in [-0.05, 0) is 45.4 Å². The number of piperidine rings is 1. The first-order valence-electron chi connectivity index (χ1n) is 7.74. The van der Waals surface area contributed by atoms with Gasteiger partial charge in [-0.15, -0.1) is 0 Å². The van der Waals surface area contributed by atoms with Crippen molar-refractivity contribution < 1.29 is 9.59 Å². The first-order valence-corrected chi connectivity index (χ1v) is 7.74. The van der Waals surface area contributed by atoms with Crippen molar-refractivity contribution in [1.82, 2.24) is 10.6 Å². The molecule has 3 unspecified atom stereocenters.